The summed E-state index contributed by atoms with van der Waals surface area (Å²) in [4.78, 5) is 12.5. The highest BCUT2D eigenvalue weighted by Gasteiger charge is 2.13. The first kappa shape index (κ1) is 20.0. The minimum atomic E-state index is -0.339. The highest BCUT2D eigenvalue weighted by molar-refractivity contribution is 7.15. The van der Waals surface area contributed by atoms with E-state index in [1.165, 1.54) is 22.7 Å². The predicted molar refractivity (Wildman–Crippen MR) is 123 cm³/mol. The van der Waals surface area contributed by atoms with Crippen LogP contribution in [-0.4, -0.2) is 6.03 Å². The molecule has 30 heavy (non-hydrogen) atoms. The van der Waals surface area contributed by atoms with Gasteiger partial charge in [0.25, 0.3) is 0 Å². The van der Waals surface area contributed by atoms with Crippen molar-refractivity contribution in [3.8, 4) is 11.5 Å². The molecule has 0 saturated carbocycles. The van der Waals surface area contributed by atoms with E-state index in [4.69, 9.17) is 9.47 Å². The molecule has 0 aliphatic carbocycles. The van der Waals surface area contributed by atoms with Gasteiger partial charge in [0.2, 0.25) is 0 Å². The van der Waals surface area contributed by atoms with Crippen molar-refractivity contribution >= 4 is 38.7 Å². The van der Waals surface area contributed by atoms with E-state index in [0.29, 0.717) is 34.7 Å². The third kappa shape index (κ3) is 5.40. The smallest absolute Gasteiger partial charge is 0.325 e. The van der Waals surface area contributed by atoms with Crippen LogP contribution in [0.1, 0.15) is 11.1 Å². The zero-order valence-electron chi connectivity index (χ0n) is 16.0. The zero-order chi connectivity index (χ0) is 20.6. The van der Waals surface area contributed by atoms with Crippen LogP contribution in [0, 0.1) is 0 Å². The summed E-state index contributed by atoms with van der Waals surface area (Å²) in [5, 5.41) is 10.8. The van der Waals surface area contributed by atoms with Crippen LogP contribution in [0.25, 0.3) is 0 Å². The third-order valence-corrected chi connectivity index (χ3v) is 5.81. The van der Waals surface area contributed by atoms with Gasteiger partial charge in [0, 0.05) is 0 Å². The van der Waals surface area contributed by atoms with E-state index < -0.39 is 0 Å². The van der Waals surface area contributed by atoms with Crippen molar-refractivity contribution in [1.82, 2.24) is 0 Å². The van der Waals surface area contributed by atoms with Gasteiger partial charge in [-0.15, -0.1) is 22.7 Å². The average Bonchev–Trinajstić information content (AvgIpc) is 3.41. The number of hydrogen-bond acceptors (Lipinski definition) is 5. The molecular formula is C23H20N2O3S2. The molecule has 2 N–H and O–H groups in total. The van der Waals surface area contributed by atoms with Gasteiger partial charge >= 0.3 is 6.03 Å². The molecule has 2 amide bonds. The molecule has 0 radical (unpaired) electrons. The van der Waals surface area contributed by atoms with Crippen LogP contribution in [0.2, 0.25) is 0 Å². The number of carbonyl (C=O) groups excluding carboxylic acids is 1. The van der Waals surface area contributed by atoms with Gasteiger partial charge in [-0.25, -0.2) is 4.79 Å². The Kier molecular flexibility index (Phi) is 6.64. The van der Waals surface area contributed by atoms with E-state index in [1.807, 2.05) is 83.6 Å². The Morgan fingerprint density at radius 2 is 1.10 bits per heavy atom. The highest BCUT2D eigenvalue weighted by atomic mass is 32.1. The lowest BCUT2D eigenvalue weighted by Gasteiger charge is -2.11. The van der Waals surface area contributed by atoms with E-state index in [0.717, 1.165) is 11.1 Å². The Hall–Kier alpha value is -3.29. The fraction of sp³-hybridized carbons (Fsp3) is 0.0870. The number of urea groups is 1. The molecule has 0 spiro atoms. The molecule has 152 valence electrons. The van der Waals surface area contributed by atoms with Crippen molar-refractivity contribution in [1.29, 1.82) is 0 Å². The van der Waals surface area contributed by atoms with Crippen molar-refractivity contribution in [3.05, 3.63) is 94.7 Å². The minimum Gasteiger partial charge on any atom is -0.486 e. The van der Waals surface area contributed by atoms with Gasteiger partial charge in [-0.3, -0.25) is 10.6 Å². The topological polar surface area (TPSA) is 59.6 Å². The van der Waals surface area contributed by atoms with Crippen molar-refractivity contribution < 1.29 is 14.3 Å². The Morgan fingerprint density at radius 1 is 0.667 bits per heavy atom. The molecule has 0 fully saturated rings. The van der Waals surface area contributed by atoms with Crippen LogP contribution in [-0.2, 0) is 13.2 Å². The lowest BCUT2D eigenvalue weighted by molar-refractivity contribution is 0.261. The number of carbonyl (C=O) groups is 1. The fourth-order valence-corrected chi connectivity index (χ4v) is 4.16. The summed E-state index contributed by atoms with van der Waals surface area (Å²) in [6.07, 6.45) is 0. The predicted octanol–water partition coefficient (Wildman–Crippen LogP) is 6.61. The number of amides is 2. The normalized spacial score (nSPS) is 10.4. The molecule has 0 aliphatic heterocycles. The second kappa shape index (κ2) is 9.96. The van der Waals surface area contributed by atoms with Crippen LogP contribution < -0.4 is 20.1 Å². The number of anilines is 2. The van der Waals surface area contributed by atoms with Gasteiger partial charge in [0.05, 0.1) is 0 Å². The van der Waals surface area contributed by atoms with E-state index in [1.54, 1.807) is 0 Å². The summed E-state index contributed by atoms with van der Waals surface area (Å²) in [7, 11) is 0. The molecule has 0 unspecified atom stereocenters. The number of nitrogens with one attached hydrogen (secondary N) is 2. The van der Waals surface area contributed by atoms with Crippen molar-refractivity contribution in [2.24, 2.45) is 0 Å². The second-order valence-electron chi connectivity index (χ2n) is 6.36. The summed E-state index contributed by atoms with van der Waals surface area (Å²) in [5.41, 5.74) is 2.13. The zero-order valence-corrected chi connectivity index (χ0v) is 17.7. The maximum atomic E-state index is 12.5. The Balaban J connectivity index is 1.32. The van der Waals surface area contributed by atoms with Gasteiger partial charge in [-0.05, 0) is 34.0 Å². The first-order valence-corrected chi connectivity index (χ1v) is 11.1. The van der Waals surface area contributed by atoms with Crippen molar-refractivity contribution in [3.63, 3.8) is 0 Å². The molecular weight excluding hydrogens is 416 g/mol. The molecule has 2 aromatic heterocycles. The molecule has 2 aromatic carbocycles. The summed E-state index contributed by atoms with van der Waals surface area (Å²) in [6, 6.07) is 23.2. The maximum Gasteiger partial charge on any atom is 0.325 e. The van der Waals surface area contributed by atoms with Gasteiger partial charge in [0.1, 0.15) is 23.2 Å². The molecule has 2 heterocycles. The van der Waals surface area contributed by atoms with E-state index >= 15 is 0 Å². The fourth-order valence-electron chi connectivity index (χ4n) is 2.71. The largest absolute Gasteiger partial charge is 0.486 e. The molecule has 5 nitrogen and oxygen atoms in total. The first-order valence-electron chi connectivity index (χ1n) is 9.34. The van der Waals surface area contributed by atoms with Gasteiger partial charge in [-0.1, -0.05) is 60.7 Å². The molecule has 0 atom stereocenters. The van der Waals surface area contributed by atoms with Gasteiger partial charge in [-0.2, -0.15) is 0 Å². The maximum absolute atomic E-state index is 12.5. The Bertz CT molecular complexity index is 992. The summed E-state index contributed by atoms with van der Waals surface area (Å²) < 4.78 is 11.7. The SMILES string of the molecule is O=C(Nc1sccc1OCc1ccccc1)Nc1sccc1OCc1ccccc1. The minimum absolute atomic E-state index is 0.339. The first-order chi connectivity index (χ1) is 14.8. The van der Waals surface area contributed by atoms with Crippen LogP contribution in [0.5, 0.6) is 11.5 Å². The lowest BCUT2D eigenvalue weighted by Crippen LogP contribution is -2.19. The third-order valence-electron chi connectivity index (χ3n) is 4.19. The molecule has 0 aliphatic rings. The van der Waals surface area contributed by atoms with Gasteiger partial charge < -0.3 is 9.47 Å². The number of thiophene rings is 2. The Labute approximate surface area is 182 Å². The van der Waals surface area contributed by atoms with E-state index in [-0.39, 0.29) is 6.03 Å². The molecule has 4 aromatic rings. The Morgan fingerprint density at radius 3 is 1.53 bits per heavy atom. The van der Waals surface area contributed by atoms with Crippen LogP contribution in [0.3, 0.4) is 0 Å². The molecule has 7 heteroatoms. The number of benzene rings is 2. The number of hydrogen-bond donors (Lipinski definition) is 2. The molecule has 4 rings (SSSR count). The molecule has 0 saturated heterocycles. The average molecular weight is 437 g/mol. The van der Waals surface area contributed by atoms with Crippen LogP contribution in [0.15, 0.2) is 83.6 Å². The standard InChI is InChI=1S/C23H20N2O3S2/c26-23(24-21-19(11-13-29-21)27-15-17-7-3-1-4-8-17)25-22-20(12-14-30-22)28-16-18-9-5-2-6-10-18/h1-14H,15-16H2,(H2,24,25,26). The van der Waals surface area contributed by atoms with E-state index in [2.05, 4.69) is 10.6 Å². The van der Waals surface area contributed by atoms with E-state index in [9.17, 15) is 4.79 Å². The summed E-state index contributed by atoms with van der Waals surface area (Å²) in [6.45, 7) is 0.881. The van der Waals surface area contributed by atoms with Gasteiger partial charge in [0.15, 0.2) is 11.5 Å². The van der Waals surface area contributed by atoms with Crippen LogP contribution in [0.4, 0.5) is 14.8 Å². The monoisotopic (exact) mass is 436 g/mol. The lowest BCUT2D eigenvalue weighted by atomic mass is 10.2. The highest BCUT2D eigenvalue weighted by Crippen LogP contribution is 2.34. The van der Waals surface area contributed by atoms with Crippen molar-refractivity contribution in [2.75, 3.05) is 10.6 Å². The molecule has 0 bridgehead atoms. The quantitative estimate of drug-likeness (QED) is 0.327. The number of ether oxygens (including phenoxy) is 2. The number of rotatable bonds is 8. The summed E-state index contributed by atoms with van der Waals surface area (Å²) in [5.74, 6) is 1.29. The summed E-state index contributed by atoms with van der Waals surface area (Å²) >= 11 is 2.83. The van der Waals surface area contributed by atoms with Crippen LogP contribution >= 0.6 is 22.7 Å². The second-order valence-corrected chi connectivity index (χ2v) is 8.19. The van der Waals surface area contributed by atoms with Crippen molar-refractivity contribution in [2.45, 2.75) is 13.2 Å².